The minimum Gasteiger partial charge on any atom is -0.364 e. The maximum absolute atomic E-state index is 12.6. The molecule has 0 spiro atoms. The lowest BCUT2D eigenvalue weighted by Gasteiger charge is -2.32. The molecular weight excluding hydrogens is 360 g/mol. The number of likely N-dealkylation sites (tertiary alicyclic amines) is 1. The molecule has 2 heterocycles. The van der Waals surface area contributed by atoms with Gasteiger partial charge in [0, 0.05) is 31.9 Å². The van der Waals surface area contributed by atoms with E-state index < -0.39 is 9.84 Å². The lowest BCUT2D eigenvalue weighted by atomic mass is 9.98. The first-order valence-corrected chi connectivity index (χ1v) is 11.5. The molecule has 3 rings (SSSR count). The van der Waals surface area contributed by atoms with Crippen LogP contribution in [-0.4, -0.2) is 56.4 Å². The van der Waals surface area contributed by atoms with Crippen LogP contribution in [0.25, 0.3) is 0 Å². The van der Waals surface area contributed by atoms with E-state index in [4.69, 9.17) is 0 Å². The summed E-state index contributed by atoms with van der Waals surface area (Å²) in [5.74, 6) is 0.560. The zero-order chi connectivity index (χ0) is 19.4. The topological polar surface area (TPSA) is 57.7 Å². The number of benzene rings is 1. The summed E-state index contributed by atoms with van der Waals surface area (Å²) in [5.41, 5.74) is 2.21. The molecule has 0 radical (unpaired) electrons. The smallest absolute Gasteiger partial charge is 0.226 e. The molecule has 1 saturated heterocycles. The second-order valence-corrected chi connectivity index (χ2v) is 10.5. The van der Waals surface area contributed by atoms with Crippen LogP contribution in [0.5, 0.6) is 0 Å². The molecule has 6 heteroatoms. The van der Waals surface area contributed by atoms with Gasteiger partial charge in [-0.25, -0.2) is 8.42 Å². The molecule has 27 heavy (non-hydrogen) atoms. The molecule has 1 fully saturated rings. The van der Waals surface area contributed by atoms with Crippen molar-refractivity contribution in [2.75, 3.05) is 36.8 Å². The summed E-state index contributed by atoms with van der Waals surface area (Å²) in [4.78, 5) is 16.8. The second kappa shape index (κ2) is 8.46. The van der Waals surface area contributed by atoms with Crippen LogP contribution < -0.4 is 4.90 Å². The monoisotopic (exact) mass is 390 g/mol. The molecule has 1 aromatic carbocycles. The van der Waals surface area contributed by atoms with E-state index in [2.05, 4.69) is 29.2 Å². The molecule has 0 N–H and O–H groups in total. The van der Waals surface area contributed by atoms with E-state index in [1.807, 2.05) is 17.0 Å². The molecular formula is C21H30N2O3S. The number of sulfone groups is 1. The average molecular weight is 391 g/mol. The normalized spacial score (nSPS) is 18.5. The molecule has 0 atom stereocenters. The second-order valence-electron chi connectivity index (χ2n) is 7.92. The Morgan fingerprint density at radius 3 is 2.22 bits per heavy atom. The minimum absolute atomic E-state index is 0.135. The number of rotatable bonds is 6. The SMILES string of the molecule is CC(C)S(=O)(=O)CC1CCN(C(=O)Cc2ccc(N3CC=CC3)cc2)CC1. The highest BCUT2D eigenvalue weighted by molar-refractivity contribution is 7.91. The van der Waals surface area contributed by atoms with Crippen molar-refractivity contribution in [1.29, 1.82) is 0 Å². The van der Waals surface area contributed by atoms with Gasteiger partial charge in [-0.15, -0.1) is 0 Å². The zero-order valence-corrected chi connectivity index (χ0v) is 17.1. The number of amides is 1. The van der Waals surface area contributed by atoms with Gasteiger partial charge >= 0.3 is 0 Å². The van der Waals surface area contributed by atoms with Crippen molar-refractivity contribution in [3.63, 3.8) is 0 Å². The number of nitrogens with zero attached hydrogens (tertiary/aromatic N) is 2. The van der Waals surface area contributed by atoms with Gasteiger partial charge in [0.05, 0.1) is 17.4 Å². The first-order chi connectivity index (χ1) is 12.8. The van der Waals surface area contributed by atoms with Gasteiger partial charge in [-0.05, 0) is 50.3 Å². The Morgan fingerprint density at radius 2 is 1.67 bits per heavy atom. The fourth-order valence-corrected chi connectivity index (χ4v) is 5.05. The molecule has 0 bridgehead atoms. The summed E-state index contributed by atoms with van der Waals surface area (Å²) in [6, 6.07) is 8.23. The number of anilines is 1. The van der Waals surface area contributed by atoms with Crippen LogP contribution in [0.15, 0.2) is 36.4 Å². The third-order valence-electron chi connectivity index (χ3n) is 5.63. The van der Waals surface area contributed by atoms with Crippen molar-refractivity contribution in [2.24, 2.45) is 5.92 Å². The van der Waals surface area contributed by atoms with Crippen LogP contribution in [0.1, 0.15) is 32.3 Å². The lowest BCUT2D eigenvalue weighted by molar-refractivity contribution is -0.131. The Hall–Kier alpha value is -1.82. The Balaban J connectivity index is 1.48. The highest BCUT2D eigenvalue weighted by Gasteiger charge is 2.28. The maximum atomic E-state index is 12.6. The molecule has 5 nitrogen and oxygen atoms in total. The van der Waals surface area contributed by atoms with Gasteiger partial charge in [-0.3, -0.25) is 4.79 Å². The molecule has 0 unspecified atom stereocenters. The van der Waals surface area contributed by atoms with Gasteiger partial charge in [-0.2, -0.15) is 0 Å². The standard InChI is InChI=1S/C21H30N2O3S/c1-17(2)27(25,26)16-19-9-13-23(14-10-19)21(24)15-18-5-7-20(8-6-18)22-11-3-4-12-22/h3-8,17,19H,9-16H2,1-2H3. The lowest BCUT2D eigenvalue weighted by Crippen LogP contribution is -2.41. The van der Waals surface area contributed by atoms with Gasteiger partial charge < -0.3 is 9.80 Å². The summed E-state index contributed by atoms with van der Waals surface area (Å²) in [5, 5.41) is -0.323. The van der Waals surface area contributed by atoms with Crippen molar-refractivity contribution in [3.05, 3.63) is 42.0 Å². The van der Waals surface area contributed by atoms with Gasteiger partial charge in [0.1, 0.15) is 0 Å². The Kier molecular flexibility index (Phi) is 6.25. The first kappa shape index (κ1) is 19.9. The van der Waals surface area contributed by atoms with E-state index in [-0.39, 0.29) is 22.8 Å². The summed E-state index contributed by atoms with van der Waals surface area (Å²) < 4.78 is 24.2. The molecule has 2 aliphatic rings. The molecule has 148 valence electrons. The molecule has 0 saturated carbocycles. The number of hydrogen-bond donors (Lipinski definition) is 0. The highest BCUT2D eigenvalue weighted by atomic mass is 32.2. The minimum atomic E-state index is -3.01. The quantitative estimate of drug-likeness (QED) is 0.701. The third kappa shape index (κ3) is 5.12. The fourth-order valence-electron chi connectivity index (χ4n) is 3.67. The van der Waals surface area contributed by atoms with Crippen molar-refractivity contribution in [3.8, 4) is 0 Å². The summed E-state index contributed by atoms with van der Waals surface area (Å²) >= 11 is 0. The third-order valence-corrected chi connectivity index (χ3v) is 8.00. The van der Waals surface area contributed by atoms with E-state index in [1.54, 1.807) is 13.8 Å². The number of hydrogen-bond acceptors (Lipinski definition) is 4. The molecule has 0 aliphatic carbocycles. The largest absolute Gasteiger partial charge is 0.364 e. The molecule has 1 amide bonds. The Labute approximate surface area is 163 Å². The van der Waals surface area contributed by atoms with Crippen LogP contribution in [0.2, 0.25) is 0 Å². The highest BCUT2D eigenvalue weighted by Crippen LogP contribution is 2.22. The Bertz CT molecular complexity index is 768. The van der Waals surface area contributed by atoms with Crippen LogP contribution in [0.3, 0.4) is 0 Å². The number of carbonyl (C=O) groups is 1. The molecule has 1 aromatic rings. The Morgan fingerprint density at radius 1 is 1.07 bits per heavy atom. The van der Waals surface area contributed by atoms with Crippen molar-refractivity contribution in [1.82, 2.24) is 4.90 Å². The predicted octanol–water partition coefficient (Wildman–Crippen LogP) is 2.67. The van der Waals surface area contributed by atoms with Gasteiger partial charge in [0.15, 0.2) is 9.84 Å². The van der Waals surface area contributed by atoms with E-state index in [1.165, 1.54) is 5.69 Å². The van der Waals surface area contributed by atoms with Crippen LogP contribution >= 0.6 is 0 Å². The van der Waals surface area contributed by atoms with Crippen molar-refractivity contribution >= 4 is 21.4 Å². The summed E-state index contributed by atoms with van der Waals surface area (Å²) in [6.07, 6.45) is 6.28. The first-order valence-electron chi connectivity index (χ1n) is 9.83. The summed E-state index contributed by atoms with van der Waals surface area (Å²) in [7, 11) is -3.01. The maximum Gasteiger partial charge on any atom is 0.226 e. The zero-order valence-electron chi connectivity index (χ0n) is 16.3. The number of carbonyl (C=O) groups excluding carboxylic acids is 1. The average Bonchev–Trinajstić information content (AvgIpc) is 3.17. The van der Waals surface area contributed by atoms with E-state index in [0.29, 0.717) is 19.5 Å². The number of piperidine rings is 1. The van der Waals surface area contributed by atoms with Crippen molar-refractivity contribution in [2.45, 2.75) is 38.4 Å². The van der Waals surface area contributed by atoms with Crippen molar-refractivity contribution < 1.29 is 13.2 Å². The van der Waals surface area contributed by atoms with Crippen LogP contribution in [0.4, 0.5) is 5.69 Å². The van der Waals surface area contributed by atoms with E-state index in [0.717, 1.165) is 31.5 Å². The van der Waals surface area contributed by atoms with Gasteiger partial charge in [0.2, 0.25) is 5.91 Å². The van der Waals surface area contributed by atoms with Crippen LogP contribution in [-0.2, 0) is 21.1 Å². The molecule has 2 aliphatic heterocycles. The summed E-state index contributed by atoms with van der Waals surface area (Å²) in [6.45, 7) is 6.68. The molecule has 0 aromatic heterocycles. The van der Waals surface area contributed by atoms with E-state index in [9.17, 15) is 13.2 Å². The fraction of sp³-hybridized carbons (Fsp3) is 0.571. The van der Waals surface area contributed by atoms with Crippen LogP contribution in [0, 0.1) is 5.92 Å². The van der Waals surface area contributed by atoms with Gasteiger partial charge in [0.25, 0.3) is 0 Å². The predicted molar refractivity (Wildman–Crippen MR) is 110 cm³/mol. The van der Waals surface area contributed by atoms with Gasteiger partial charge in [-0.1, -0.05) is 24.3 Å². The van der Waals surface area contributed by atoms with E-state index >= 15 is 0 Å².